The van der Waals surface area contributed by atoms with E-state index < -0.39 is 30.4 Å². The third kappa shape index (κ3) is 5.20. The summed E-state index contributed by atoms with van der Waals surface area (Å²) in [5, 5.41) is 4.75. The van der Waals surface area contributed by atoms with E-state index in [0.29, 0.717) is 21.2 Å². The van der Waals surface area contributed by atoms with E-state index in [1.165, 1.54) is 31.4 Å². The van der Waals surface area contributed by atoms with E-state index in [2.05, 4.69) is 5.32 Å². The van der Waals surface area contributed by atoms with Gasteiger partial charge in [-0.25, -0.2) is 4.39 Å². The number of halogens is 4. The maximum absolute atomic E-state index is 14.3. The summed E-state index contributed by atoms with van der Waals surface area (Å²) in [4.78, 5) is 25.2. The number of alkyl halides is 3. The van der Waals surface area contributed by atoms with Crippen LogP contribution in [0.5, 0.6) is 0 Å². The number of aryl methyl sites for hydroxylation is 1. The van der Waals surface area contributed by atoms with Gasteiger partial charge >= 0.3 is 6.18 Å². The van der Waals surface area contributed by atoms with Crippen molar-refractivity contribution < 1.29 is 31.9 Å². The first-order valence-corrected chi connectivity index (χ1v) is 9.88. The quantitative estimate of drug-likeness (QED) is 0.513. The monoisotopic (exact) mass is 454 g/mol. The molecule has 3 rings (SSSR count). The van der Waals surface area contributed by atoms with Crippen LogP contribution in [-0.4, -0.2) is 31.6 Å². The Morgan fingerprint density at radius 1 is 1.13 bits per heavy atom. The number of carbonyl (C=O) groups excluding carboxylic acids is 2. The van der Waals surface area contributed by atoms with Crippen LogP contribution >= 0.6 is 11.3 Å². The van der Waals surface area contributed by atoms with Crippen molar-refractivity contribution in [3.05, 3.63) is 63.8 Å². The van der Waals surface area contributed by atoms with Crippen LogP contribution in [0.3, 0.4) is 0 Å². The highest BCUT2D eigenvalue weighted by molar-refractivity contribution is 7.21. The van der Waals surface area contributed by atoms with Crippen LogP contribution in [0.15, 0.2) is 36.4 Å². The highest BCUT2D eigenvalue weighted by Gasteiger charge is 2.28. The summed E-state index contributed by atoms with van der Waals surface area (Å²) in [7, 11) is 1.43. The number of rotatable bonds is 6. The molecule has 0 bridgehead atoms. The third-order valence-corrected chi connectivity index (χ3v) is 5.65. The summed E-state index contributed by atoms with van der Waals surface area (Å²) in [5.74, 6) is -1.93. The predicted octanol–water partition coefficient (Wildman–Crippen LogP) is 5.04. The Labute approximate surface area is 179 Å². The molecule has 2 amide bonds. The lowest BCUT2D eigenvalue weighted by molar-refractivity contribution is -0.123. The second kappa shape index (κ2) is 9.03. The molecule has 0 atom stereocenters. The van der Waals surface area contributed by atoms with E-state index in [9.17, 15) is 27.2 Å². The Kier molecular flexibility index (Phi) is 6.61. The zero-order chi connectivity index (χ0) is 22.8. The Hall–Kier alpha value is -2.98. The first-order chi connectivity index (χ1) is 14.6. The number of nitrogens with one attached hydrogen (secondary N) is 2. The van der Waals surface area contributed by atoms with Crippen molar-refractivity contribution in [1.82, 2.24) is 5.32 Å². The molecule has 164 valence electrons. The highest BCUT2D eigenvalue weighted by Crippen LogP contribution is 2.34. The lowest BCUT2D eigenvalue weighted by atomic mass is 10.1. The van der Waals surface area contributed by atoms with Crippen LogP contribution in [0.4, 0.5) is 23.2 Å². The fourth-order valence-corrected chi connectivity index (χ4v) is 4.11. The van der Waals surface area contributed by atoms with Crippen molar-refractivity contribution in [2.45, 2.75) is 19.7 Å². The number of thiophene rings is 1. The zero-order valence-electron chi connectivity index (χ0n) is 16.5. The van der Waals surface area contributed by atoms with Gasteiger partial charge in [-0.05, 0) is 36.8 Å². The molecule has 2 N–H and O–H groups in total. The van der Waals surface area contributed by atoms with Crippen molar-refractivity contribution in [2.75, 3.05) is 19.0 Å². The lowest BCUT2D eigenvalue weighted by Crippen LogP contribution is -2.33. The zero-order valence-corrected chi connectivity index (χ0v) is 17.3. The van der Waals surface area contributed by atoms with Gasteiger partial charge in [0.25, 0.3) is 11.8 Å². The van der Waals surface area contributed by atoms with Crippen LogP contribution in [0.25, 0.3) is 10.1 Å². The fourth-order valence-electron chi connectivity index (χ4n) is 2.99. The van der Waals surface area contributed by atoms with Gasteiger partial charge in [-0.3, -0.25) is 9.59 Å². The average Bonchev–Trinajstić information content (AvgIpc) is 3.07. The number of hydrogen-bond donors (Lipinski definition) is 2. The first-order valence-electron chi connectivity index (χ1n) is 9.06. The van der Waals surface area contributed by atoms with Gasteiger partial charge in [0.15, 0.2) is 0 Å². The number of ether oxygens (including phenoxy) is 1. The molecule has 0 aliphatic rings. The fraction of sp³-hybridized carbons (Fsp3) is 0.238. The van der Waals surface area contributed by atoms with Crippen molar-refractivity contribution in [2.24, 2.45) is 0 Å². The number of hydrogen-bond acceptors (Lipinski definition) is 4. The Balaban J connectivity index is 1.89. The minimum Gasteiger partial charge on any atom is -0.380 e. The molecule has 10 heteroatoms. The van der Waals surface area contributed by atoms with Crippen LogP contribution in [0.2, 0.25) is 0 Å². The normalized spacial score (nSPS) is 11.5. The smallest absolute Gasteiger partial charge is 0.380 e. The first kappa shape index (κ1) is 22.7. The number of amides is 2. The molecule has 1 aromatic heterocycles. The average molecular weight is 454 g/mol. The largest absolute Gasteiger partial charge is 0.405 e. The molecule has 5 nitrogen and oxygen atoms in total. The van der Waals surface area contributed by atoms with Crippen LogP contribution < -0.4 is 10.6 Å². The summed E-state index contributed by atoms with van der Waals surface area (Å²) < 4.78 is 57.1. The maximum atomic E-state index is 14.3. The lowest BCUT2D eigenvalue weighted by Gasteiger charge is -2.12. The second-order valence-corrected chi connectivity index (χ2v) is 7.79. The molecule has 0 spiro atoms. The van der Waals surface area contributed by atoms with E-state index in [1.54, 1.807) is 24.4 Å². The van der Waals surface area contributed by atoms with Gasteiger partial charge in [0.05, 0.1) is 11.5 Å². The van der Waals surface area contributed by atoms with E-state index in [0.717, 1.165) is 11.3 Å². The van der Waals surface area contributed by atoms with E-state index in [1.807, 2.05) is 0 Å². The minimum atomic E-state index is -4.54. The van der Waals surface area contributed by atoms with Crippen LogP contribution in [0.1, 0.15) is 31.2 Å². The van der Waals surface area contributed by atoms with Gasteiger partial charge in [0.1, 0.15) is 12.4 Å². The molecule has 0 radical (unpaired) electrons. The molecule has 0 aliphatic heterocycles. The number of anilines is 1. The molecule has 31 heavy (non-hydrogen) atoms. The van der Waals surface area contributed by atoms with Crippen molar-refractivity contribution in [3.63, 3.8) is 0 Å². The van der Waals surface area contributed by atoms with Crippen LogP contribution in [0, 0.1) is 12.7 Å². The van der Waals surface area contributed by atoms with Gasteiger partial charge in [0, 0.05) is 34.0 Å². The molecule has 0 saturated heterocycles. The number of benzene rings is 2. The number of fused-ring (bicyclic) bond motifs is 1. The van der Waals surface area contributed by atoms with Gasteiger partial charge < -0.3 is 15.4 Å². The number of carbonyl (C=O) groups is 2. The standard InChI is InChI=1S/C21H18F4N2O3S/c1-11-6-7-12(19(28)26-10-21(23,24)25)8-15(11)27-20(29)18-13(9-30-2)17-14(22)4-3-5-16(17)31-18/h3-8H,9-10H2,1-2H3,(H,26,28)(H,27,29). The SMILES string of the molecule is COCc1c(C(=O)Nc2cc(C(=O)NCC(F)(F)F)ccc2C)sc2cccc(F)c12. The van der Waals surface area contributed by atoms with Crippen molar-refractivity contribution in [3.8, 4) is 0 Å². The molecule has 0 aliphatic carbocycles. The summed E-state index contributed by atoms with van der Waals surface area (Å²) in [6, 6.07) is 8.70. The van der Waals surface area contributed by atoms with Crippen LogP contribution in [-0.2, 0) is 11.3 Å². The Bertz CT molecular complexity index is 1140. The molecular formula is C21H18F4N2O3S. The molecule has 3 aromatic rings. The molecular weight excluding hydrogens is 436 g/mol. The predicted molar refractivity (Wildman–Crippen MR) is 110 cm³/mol. The van der Waals surface area contributed by atoms with E-state index in [4.69, 9.17) is 4.74 Å². The summed E-state index contributed by atoms with van der Waals surface area (Å²) in [6.07, 6.45) is -4.54. The van der Waals surface area contributed by atoms with Crippen molar-refractivity contribution in [1.29, 1.82) is 0 Å². The van der Waals surface area contributed by atoms with Gasteiger partial charge in [-0.2, -0.15) is 13.2 Å². The molecule has 0 unspecified atom stereocenters. The molecule has 0 saturated carbocycles. The summed E-state index contributed by atoms with van der Waals surface area (Å²) >= 11 is 1.10. The summed E-state index contributed by atoms with van der Waals surface area (Å²) in [5.41, 5.74) is 1.21. The minimum absolute atomic E-state index is 0.0164. The molecule has 0 fully saturated rings. The highest BCUT2D eigenvalue weighted by atomic mass is 32.1. The van der Waals surface area contributed by atoms with Gasteiger partial charge in [0.2, 0.25) is 0 Å². The van der Waals surface area contributed by atoms with Gasteiger partial charge in [-0.1, -0.05) is 12.1 Å². The second-order valence-electron chi connectivity index (χ2n) is 6.74. The third-order valence-electron chi connectivity index (χ3n) is 4.46. The Morgan fingerprint density at radius 3 is 2.55 bits per heavy atom. The summed E-state index contributed by atoms with van der Waals surface area (Å²) in [6.45, 7) is 0.228. The van der Waals surface area contributed by atoms with E-state index >= 15 is 0 Å². The maximum Gasteiger partial charge on any atom is 0.405 e. The topological polar surface area (TPSA) is 67.4 Å². The van der Waals surface area contributed by atoms with Crippen molar-refractivity contribution >= 4 is 38.9 Å². The molecule has 2 aromatic carbocycles. The molecule has 1 heterocycles. The van der Waals surface area contributed by atoms with E-state index in [-0.39, 0.29) is 22.7 Å². The number of methoxy groups -OCH3 is 1. The Morgan fingerprint density at radius 2 is 1.87 bits per heavy atom. The van der Waals surface area contributed by atoms with Gasteiger partial charge in [-0.15, -0.1) is 11.3 Å².